The molecule has 0 spiro atoms. The fraction of sp³-hybridized carbons (Fsp3) is 0.818. The molecule has 1 saturated heterocycles. The molecular formula is C11H21NOS. The SMILES string of the molecule is C=CCC[C@@H](O)CN(C)[C@@H]1CCSC1. The molecule has 1 rings (SSSR count). The van der Waals surface area contributed by atoms with Gasteiger partial charge in [0.1, 0.15) is 0 Å². The molecule has 82 valence electrons. The van der Waals surface area contributed by atoms with Crippen molar-refractivity contribution in [3.63, 3.8) is 0 Å². The lowest BCUT2D eigenvalue weighted by molar-refractivity contribution is 0.103. The summed E-state index contributed by atoms with van der Waals surface area (Å²) in [4.78, 5) is 2.30. The Bertz CT molecular complexity index is 169. The number of allylic oxidation sites excluding steroid dienone is 1. The maximum atomic E-state index is 9.71. The second-order valence-electron chi connectivity index (χ2n) is 3.98. The molecule has 0 amide bonds. The predicted molar refractivity (Wildman–Crippen MR) is 63.8 cm³/mol. The van der Waals surface area contributed by atoms with Gasteiger partial charge in [0.25, 0.3) is 0 Å². The van der Waals surface area contributed by atoms with E-state index in [1.165, 1.54) is 17.9 Å². The maximum absolute atomic E-state index is 9.71. The van der Waals surface area contributed by atoms with E-state index in [0.29, 0.717) is 6.04 Å². The van der Waals surface area contributed by atoms with Gasteiger partial charge in [0.2, 0.25) is 0 Å². The number of aliphatic hydroxyl groups excluding tert-OH is 1. The number of rotatable bonds is 6. The van der Waals surface area contributed by atoms with E-state index in [4.69, 9.17) is 0 Å². The van der Waals surface area contributed by atoms with Crippen LogP contribution >= 0.6 is 11.8 Å². The molecule has 0 radical (unpaired) electrons. The van der Waals surface area contributed by atoms with Gasteiger partial charge < -0.3 is 10.0 Å². The van der Waals surface area contributed by atoms with Crippen LogP contribution in [-0.4, -0.2) is 47.3 Å². The first-order valence-electron chi connectivity index (χ1n) is 5.31. The van der Waals surface area contributed by atoms with Crippen LogP contribution in [0, 0.1) is 0 Å². The number of hydrogen-bond donors (Lipinski definition) is 1. The average molecular weight is 215 g/mol. The summed E-state index contributed by atoms with van der Waals surface area (Å²) < 4.78 is 0. The Morgan fingerprint density at radius 1 is 1.71 bits per heavy atom. The zero-order chi connectivity index (χ0) is 10.4. The van der Waals surface area contributed by atoms with Crippen LogP contribution in [0.4, 0.5) is 0 Å². The normalized spacial score (nSPS) is 24.1. The average Bonchev–Trinajstić information content (AvgIpc) is 2.67. The van der Waals surface area contributed by atoms with Gasteiger partial charge in [0, 0.05) is 18.3 Å². The van der Waals surface area contributed by atoms with Gasteiger partial charge in [-0.25, -0.2) is 0 Å². The smallest absolute Gasteiger partial charge is 0.0670 e. The molecule has 14 heavy (non-hydrogen) atoms. The van der Waals surface area contributed by atoms with E-state index >= 15 is 0 Å². The second kappa shape index (κ2) is 6.49. The minimum Gasteiger partial charge on any atom is -0.392 e. The number of nitrogens with zero attached hydrogens (tertiary/aromatic N) is 1. The molecule has 3 heteroatoms. The lowest BCUT2D eigenvalue weighted by atomic mass is 10.1. The third-order valence-electron chi connectivity index (χ3n) is 2.73. The molecular weight excluding hydrogens is 194 g/mol. The Morgan fingerprint density at radius 3 is 3.07 bits per heavy atom. The van der Waals surface area contributed by atoms with Crippen LogP contribution in [0.25, 0.3) is 0 Å². The molecule has 0 bridgehead atoms. The zero-order valence-corrected chi connectivity index (χ0v) is 9.80. The zero-order valence-electron chi connectivity index (χ0n) is 8.98. The highest BCUT2D eigenvalue weighted by Crippen LogP contribution is 2.21. The van der Waals surface area contributed by atoms with Gasteiger partial charge in [-0.05, 0) is 32.1 Å². The van der Waals surface area contributed by atoms with E-state index in [9.17, 15) is 5.11 Å². The first-order chi connectivity index (χ1) is 6.74. The van der Waals surface area contributed by atoms with Crippen LogP contribution in [0.5, 0.6) is 0 Å². The van der Waals surface area contributed by atoms with Crippen molar-refractivity contribution >= 4 is 11.8 Å². The highest BCUT2D eigenvalue weighted by Gasteiger charge is 2.21. The van der Waals surface area contributed by atoms with E-state index in [0.717, 1.165) is 19.4 Å². The Balaban J connectivity index is 2.17. The topological polar surface area (TPSA) is 23.5 Å². The van der Waals surface area contributed by atoms with Crippen LogP contribution in [0.1, 0.15) is 19.3 Å². The first kappa shape index (κ1) is 12.1. The van der Waals surface area contributed by atoms with Crippen molar-refractivity contribution in [3.8, 4) is 0 Å². The number of hydrogen-bond acceptors (Lipinski definition) is 3. The van der Waals surface area contributed by atoms with Crippen molar-refractivity contribution in [2.45, 2.75) is 31.4 Å². The van der Waals surface area contributed by atoms with Gasteiger partial charge in [0.05, 0.1) is 6.10 Å². The van der Waals surface area contributed by atoms with Crippen LogP contribution in [0.2, 0.25) is 0 Å². The molecule has 0 aliphatic carbocycles. The predicted octanol–water partition coefficient (Wildman–Crippen LogP) is 1.75. The number of aliphatic hydroxyl groups is 1. The summed E-state index contributed by atoms with van der Waals surface area (Å²) in [5.41, 5.74) is 0. The standard InChI is InChI=1S/C11H21NOS/c1-3-4-5-11(13)8-12(2)10-6-7-14-9-10/h3,10-11,13H,1,4-9H2,2H3/t10-,11-/m1/s1. The molecule has 2 atom stereocenters. The lowest BCUT2D eigenvalue weighted by Gasteiger charge is -2.25. The molecule has 1 N–H and O–H groups in total. The second-order valence-corrected chi connectivity index (χ2v) is 5.13. The summed E-state index contributed by atoms with van der Waals surface area (Å²) >= 11 is 2.02. The van der Waals surface area contributed by atoms with Gasteiger partial charge in [-0.15, -0.1) is 6.58 Å². The molecule has 2 nitrogen and oxygen atoms in total. The molecule has 1 fully saturated rings. The summed E-state index contributed by atoms with van der Waals surface area (Å²) in [6.07, 6.45) is 4.70. The fourth-order valence-corrected chi connectivity index (χ4v) is 3.05. The largest absolute Gasteiger partial charge is 0.392 e. The van der Waals surface area contributed by atoms with Gasteiger partial charge in [-0.3, -0.25) is 0 Å². The lowest BCUT2D eigenvalue weighted by Crippen LogP contribution is -2.37. The Hall–Kier alpha value is 0.0100. The van der Waals surface area contributed by atoms with Crippen molar-refractivity contribution in [2.75, 3.05) is 25.1 Å². The van der Waals surface area contributed by atoms with Crippen LogP contribution in [-0.2, 0) is 0 Å². The molecule has 0 aromatic carbocycles. The van der Waals surface area contributed by atoms with Gasteiger partial charge >= 0.3 is 0 Å². The first-order valence-corrected chi connectivity index (χ1v) is 6.46. The molecule has 0 unspecified atom stereocenters. The van der Waals surface area contributed by atoms with E-state index in [1.807, 2.05) is 17.8 Å². The molecule has 1 aliphatic heterocycles. The molecule has 0 aromatic heterocycles. The third-order valence-corrected chi connectivity index (χ3v) is 3.88. The summed E-state index contributed by atoms with van der Waals surface area (Å²) in [5, 5.41) is 9.71. The van der Waals surface area contributed by atoms with Crippen LogP contribution < -0.4 is 0 Å². The van der Waals surface area contributed by atoms with Gasteiger partial charge in [0.15, 0.2) is 0 Å². The minimum absolute atomic E-state index is 0.191. The fourth-order valence-electron chi connectivity index (χ4n) is 1.75. The van der Waals surface area contributed by atoms with E-state index < -0.39 is 0 Å². The summed E-state index contributed by atoms with van der Waals surface area (Å²) in [5.74, 6) is 2.50. The summed E-state index contributed by atoms with van der Waals surface area (Å²) in [6.45, 7) is 4.47. The summed E-state index contributed by atoms with van der Waals surface area (Å²) in [6, 6.07) is 0.679. The quantitative estimate of drug-likeness (QED) is 0.683. The molecule has 0 saturated carbocycles. The number of likely N-dealkylation sites (N-methyl/N-ethyl adjacent to an activating group) is 1. The van der Waals surface area contributed by atoms with E-state index in [2.05, 4.69) is 18.5 Å². The molecule has 1 heterocycles. The Morgan fingerprint density at radius 2 is 2.50 bits per heavy atom. The monoisotopic (exact) mass is 215 g/mol. The van der Waals surface area contributed by atoms with E-state index in [1.54, 1.807) is 0 Å². The van der Waals surface area contributed by atoms with Crippen LogP contribution in [0.15, 0.2) is 12.7 Å². The van der Waals surface area contributed by atoms with Crippen molar-refractivity contribution in [1.82, 2.24) is 4.90 Å². The van der Waals surface area contributed by atoms with Gasteiger partial charge in [-0.2, -0.15) is 11.8 Å². The van der Waals surface area contributed by atoms with Gasteiger partial charge in [-0.1, -0.05) is 6.08 Å². The molecule has 0 aromatic rings. The van der Waals surface area contributed by atoms with Crippen LogP contribution in [0.3, 0.4) is 0 Å². The maximum Gasteiger partial charge on any atom is 0.0670 e. The summed E-state index contributed by atoms with van der Waals surface area (Å²) in [7, 11) is 2.12. The number of thioether (sulfide) groups is 1. The van der Waals surface area contributed by atoms with Crippen molar-refractivity contribution in [1.29, 1.82) is 0 Å². The van der Waals surface area contributed by atoms with Crippen molar-refractivity contribution in [3.05, 3.63) is 12.7 Å². The van der Waals surface area contributed by atoms with E-state index in [-0.39, 0.29) is 6.10 Å². The third kappa shape index (κ3) is 4.03. The Labute approximate surface area is 91.4 Å². The highest BCUT2D eigenvalue weighted by atomic mass is 32.2. The minimum atomic E-state index is -0.191. The molecule has 1 aliphatic rings. The van der Waals surface area contributed by atoms with Crippen molar-refractivity contribution in [2.24, 2.45) is 0 Å². The van der Waals surface area contributed by atoms with Crippen molar-refractivity contribution < 1.29 is 5.11 Å². The Kier molecular flexibility index (Phi) is 5.60. The highest BCUT2D eigenvalue weighted by molar-refractivity contribution is 7.99.